The minimum absolute atomic E-state index is 0.0105. The zero-order chi connectivity index (χ0) is 14.5. The Bertz CT molecular complexity index is 393. The second kappa shape index (κ2) is 7.21. The second-order valence-corrected chi connectivity index (χ2v) is 7.29. The molecule has 1 aliphatic heterocycles. The van der Waals surface area contributed by atoms with Gasteiger partial charge in [0, 0.05) is 19.5 Å². The molecule has 0 amide bonds. The average molecular weight is 293 g/mol. The molecular weight excluding hydrogens is 270 g/mol. The Labute approximate surface area is 114 Å². The van der Waals surface area contributed by atoms with E-state index in [1.807, 2.05) is 13.8 Å². The maximum absolute atomic E-state index is 12.1. The zero-order valence-corrected chi connectivity index (χ0v) is 12.4. The van der Waals surface area contributed by atoms with Crippen molar-refractivity contribution in [2.75, 3.05) is 25.4 Å². The van der Waals surface area contributed by atoms with Crippen LogP contribution < -0.4 is 0 Å². The van der Waals surface area contributed by atoms with Crippen molar-refractivity contribution >= 4 is 16.0 Å². The van der Waals surface area contributed by atoms with Crippen molar-refractivity contribution in [3.8, 4) is 0 Å². The van der Waals surface area contributed by atoms with E-state index in [0.717, 1.165) is 12.8 Å². The molecular formula is C12H23NO5S. The lowest BCUT2D eigenvalue weighted by atomic mass is 9.96. The van der Waals surface area contributed by atoms with Crippen molar-refractivity contribution in [3.63, 3.8) is 0 Å². The number of sulfonamides is 1. The third kappa shape index (κ3) is 5.88. The number of hydrogen-bond acceptors (Lipinski definition) is 4. The summed E-state index contributed by atoms with van der Waals surface area (Å²) in [6, 6.07) is 0. The maximum Gasteiger partial charge on any atom is 0.303 e. The van der Waals surface area contributed by atoms with Gasteiger partial charge in [-0.05, 0) is 32.6 Å². The smallest absolute Gasteiger partial charge is 0.303 e. The first-order valence-corrected chi connectivity index (χ1v) is 8.23. The lowest BCUT2D eigenvalue weighted by Crippen LogP contribution is -2.42. The number of aliphatic carboxylic acids is 1. The molecule has 0 radical (unpaired) electrons. The van der Waals surface area contributed by atoms with E-state index in [0.29, 0.717) is 13.1 Å². The number of carboxylic acid groups (broad SMARTS) is 1. The molecule has 0 bridgehead atoms. The van der Waals surface area contributed by atoms with Gasteiger partial charge in [-0.25, -0.2) is 12.7 Å². The Morgan fingerprint density at radius 3 is 2.74 bits per heavy atom. The molecule has 0 spiro atoms. The van der Waals surface area contributed by atoms with E-state index in [1.165, 1.54) is 4.31 Å². The molecule has 1 fully saturated rings. The minimum Gasteiger partial charge on any atom is -0.481 e. The van der Waals surface area contributed by atoms with E-state index >= 15 is 0 Å². The average Bonchev–Trinajstić information content (AvgIpc) is 2.27. The van der Waals surface area contributed by atoms with Crippen LogP contribution in [0.25, 0.3) is 0 Å². The molecule has 1 aliphatic rings. The SMILES string of the molecule is CC(C)OCCS(=O)(=O)N1CCCC(CC(=O)O)C1. The fourth-order valence-corrected chi connectivity index (χ4v) is 3.62. The molecule has 0 aromatic carbocycles. The van der Waals surface area contributed by atoms with Crippen LogP contribution in [0.2, 0.25) is 0 Å². The van der Waals surface area contributed by atoms with Crippen LogP contribution in [0.1, 0.15) is 33.1 Å². The van der Waals surface area contributed by atoms with Crippen molar-refractivity contribution < 1.29 is 23.1 Å². The van der Waals surface area contributed by atoms with Crippen LogP contribution in [0.3, 0.4) is 0 Å². The highest BCUT2D eigenvalue weighted by Crippen LogP contribution is 2.22. The number of carbonyl (C=O) groups is 1. The van der Waals surface area contributed by atoms with E-state index in [4.69, 9.17) is 9.84 Å². The van der Waals surface area contributed by atoms with Crippen LogP contribution in [0.5, 0.6) is 0 Å². The molecule has 112 valence electrons. The normalized spacial score (nSPS) is 21.7. The number of ether oxygens (including phenoxy) is 1. The van der Waals surface area contributed by atoms with Crippen LogP contribution >= 0.6 is 0 Å². The third-order valence-corrected chi connectivity index (χ3v) is 4.93. The van der Waals surface area contributed by atoms with Gasteiger partial charge in [0.1, 0.15) is 0 Å². The van der Waals surface area contributed by atoms with Crippen LogP contribution in [0.15, 0.2) is 0 Å². The summed E-state index contributed by atoms with van der Waals surface area (Å²) in [5.41, 5.74) is 0. The van der Waals surface area contributed by atoms with Gasteiger partial charge in [0.25, 0.3) is 0 Å². The van der Waals surface area contributed by atoms with Crippen molar-refractivity contribution in [1.82, 2.24) is 4.31 Å². The topological polar surface area (TPSA) is 83.9 Å². The monoisotopic (exact) mass is 293 g/mol. The molecule has 1 rings (SSSR count). The van der Waals surface area contributed by atoms with Gasteiger partial charge in [0.05, 0.1) is 18.5 Å². The summed E-state index contributed by atoms with van der Waals surface area (Å²) in [5, 5.41) is 8.77. The highest BCUT2D eigenvalue weighted by molar-refractivity contribution is 7.89. The number of nitrogens with zero attached hydrogens (tertiary/aromatic N) is 1. The Morgan fingerprint density at radius 2 is 2.16 bits per heavy atom. The Morgan fingerprint density at radius 1 is 1.47 bits per heavy atom. The minimum atomic E-state index is -3.33. The first-order chi connectivity index (χ1) is 8.81. The van der Waals surface area contributed by atoms with Crippen molar-refractivity contribution in [2.45, 2.75) is 39.2 Å². The van der Waals surface area contributed by atoms with Gasteiger partial charge in [0.2, 0.25) is 10.0 Å². The summed E-state index contributed by atoms with van der Waals surface area (Å²) in [7, 11) is -3.33. The van der Waals surface area contributed by atoms with Crippen LogP contribution in [0.4, 0.5) is 0 Å². The van der Waals surface area contributed by atoms with Gasteiger partial charge in [-0.3, -0.25) is 4.79 Å². The molecule has 0 aromatic rings. The van der Waals surface area contributed by atoms with E-state index < -0.39 is 16.0 Å². The number of carboxylic acids is 1. The molecule has 1 heterocycles. The molecule has 7 heteroatoms. The predicted octanol–water partition coefficient (Wildman–Crippen LogP) is 0.928. The van der Waals surface area contributed by atoms with E-state index in [2.05, 4.69) is 0 Å². The zero-order valence-electron chi connectivity index (χ0n) is 11.5. The first-order valence-electron chi connectivity index (χ1n) is 6.62. The number of hydrogen-bond donors (Lipinski definition) is 1. The van der Waals surface area contributed by atoms with Gasteiger partial charge >= 0.3 is 5.97 Å². The fraction of sp³-hybridized carbons (Fsp3) is 0.917. The molecule has 1 atom stereocenters. The van der Waals surface area contributed by atoms with Gasteiger partial charge in [-0.1, -0.05) is 0 Å². The number of piperidine rings is 1. The van der Waals surface area contributed by atoms with Gasteiger partial charge in [0.15, 0.2) is 0 Å². The molecule has 1 saturated heterocycles. The second-order valence-electron chi connectivity index (χ2n) is 5.20. The lowest BCUT2D eigenvalue weighted by molar-refractivity contribution is -0.138. The highest BCUT2D eigenvalue weighted by Gasteiger charge is 2.29. The Kier molecular flexibility index (Phi) is 6.22. The number of rotatable bonds is 7. The molecule has 0 saturated carbocycles. The van der Waals surface area contributed by atoms with Gasteiger partial charge < -0.3 is 9.84 Å². The van der Waals surface area contributed by atoms with Crippen molar-refractivity contribution in [3.05, 3.63) is 0 Å². The molecule has 19 heavy (non-hydrogen) atoms. The summed E-state index contributed by atoms with van der Waals surface area (Å²) in [6.45, 7) is 4.70. The molecule has 0 aliphatic carbocycles. The van der Waals surface area contributed by atoms with Crippen LogP contribution in [-0.4, -0.2) is 55.4 Å². The summed E-state index contributed by atoms with van der Waals surface area (Å²) in [6.07, 6.45) is 1.55. The molecule has 1 unspecified atom stereocenters. The molecule has 1 N–H and O–H groups in total. The molecule has 0 aromatic heterocycles. The quantitative estimate of drug-likeness (QED) is 0.755. The van der Waals surface area contributed by atoms with Gasteiger partial charge in [-0.15, -0.1) is 0 Å². The predicted molar refractivity (Wildman–Crippen MR) is 71.4 cm³/mol. The summed E-state index contributed by atoms with van der Waals surface area (Å²) >= 11 is 0. The summed E-state index contributed by atoms with van der Waals surface area (Å²) in [4.78, 5) is 10.7. The van der Waals surface area contributed by atoms with Crippen LogP contribution in [-0.2, 0) is 19.6 Å². The van der Waals surface area contributed by atoms with Gasteiger partial charge in [-0.2, -0.15) is 0 Å². The van der Waals surface area contributed by atoms with E-state index in [-0.39, 0.29) is 30.8 Å². The largest absolute Gasteiger partial charge is 0.481 e. The third-order valence-electron chi connectivity index (χ3n) is 3.13. The standard InChI is InChI=1S/C12H23NO5S/c1-10(2)18-6-7-19(16,17)13-5-3-4-11(9-13)8-12(14)15/h10-11H,3-9H2,1-2H3,(H,14,15). The summed E-state index contributed by atoms with van der Waals surface area (Å²) in [5.74, 6) is -0.982. The van der Waals surface area contributed by atoms with Crippen molar-refractivity contribution in [2.24, 2.45) is 5.92 Å². The Balaban J connectivity index is 2.50. The maximum atomic E-state index is 12.1. The molecule has 6 nitrogen and oxygen atoms in total. The van der Waals surface area contributed by atoms with Crippen LogP contribution in [0, 0.1) is 5.92 Å². The first kappa shape index (κ1) is 16.4. The fourth-order valence-electron chi connectivity index (χ4n) is 2.21. The Hall–Kier alpha value is -0.660. The van der Waals surface area contributed by atoms with Crippen molar-refractivity contribution in [1.29, 1.82) is 0 Å². The highest BCUT2D eigenvalue weighted by atomic mass is 32.2. The van der Waals surface area contributed by atoms with E-state index in [1.54, 1.807) is 0 Å². The lowest BCUT2D eigenvalue weighted by Gasteiger charge is -2.31. The van der Waals surface area contributed by atoms with E-state index in [9.17, 15) is 13.2 Å². The summed E-state index contributed by atoms with van der Waals surface area (Å²) < 4.78 is 30.9.